The fourth-order valence-electron chi connectivity index (χ4n) is 1.76. The Morgan fingerprint density at radius 1 is 1.48 bits per heavy atom. The molecule has 1 aromatic carbocycles. The maximum absolute atomic E-state index is 12.6. The van der Waals surface area contributed by atoms with Gasteiger partial charge in [-0.15, -0.1) is 0 Å². The summed E-state index contributed by atoms with van der Waals surface area (Å²) in [7, 11) is -3.97. The van der Waals surface area contributed by atoms with Crippen LogP contribution in [-0.4, -0.2) is 36.4 Å². The lowest BCUT2D eigenvalue weighted by Crippen LogP contribution is -2.38. The zero-order valence-electron chi connectivity index (χ0n) is 11.6. The standard InChI is InChI=1S/C13H15ClN2O4S/c1-9(2)16(6-5-13(17)18)21(19,20)12-7-10(8-15)3-4-11(12)14/h3-4,7,9H,5-6H2,1-2H3,(H,17,18). The summed E-state index contributed by atoms with van der Waals surface area (Å²) in [4.78, 5) is 10.5. The average molecular weight is 331 g/mol. The number of halogens is 1. The second-order valence-electron chi connectivity index (χ2n) is 4.61. The van der Waals surface area contributed by atoms with Gasteiger partial charge >= 0.3 is 5.97 Å². The zero-order chi connectivity index (χ0) is 16.2. The van der Waals surface area contributed by atoms with Crippen molar-refractivity contribution in [3.05, 3.63) is 28.8 Å². The van der Waals surface area contributed by atoms with Gasteiger partial charge in [-0.2, -0.15) is 9.57 Å². The molecule has 0 spiro atoms. The molecule has 0 saturated carbocycles. The summed E-state index contributed by atoms with van der Waals surface area (Å²) >= 11 is 5.92. The summed E-state index contributed by atoms with van der Waals surface area (Å²) in [5.74, 6) is -1.09. The number of hydrogen-bond acceptors (Lipinski definition) is 4. The molecule has 8 heteroatoms. The lowest BCUT2D eigenvalue weighted by molar-refractivity contribution is -0.137. The molecule has 1 N–H and O–H groups in total. The van der Waals surface area contributed by atoms with Crippen molar-refractivity contribution in [2.75, 3.05) is 6.54 Å². The molecular weight excluding hydrogens is 316 g/mol. The summed E-state index contributed by atoms with van der Waals surface area (Å²) in [5, 5.41) is 17.6. The molecular formula is C13H15ClN2O4S. The molecule has 0 amide bonds. The van der Waals surface area contributed by atoms with Gasteiger partial charge in [0.2, 0.25) is 10.0 Å². The Morgan fingerprint density at radius 2 is 2.10 bits per heavy atom. The Labute approximate surface area is 128 Å². The van der Waals surface area contributed by atoms with Crippen molar-refractivity contribution < 1.29 is 18.3 Å². The molecule has 114 valence electrons. The highest BCUT2D eigenvalue weighted by atomic mass is 35.5. The molecule has 0 heterocycles. The van der Waals surface area contributed by atoms with Gasteiger partial charge in [-0.1, -0.05) is 11.6 Å². The van der Waals surface area contributed by atoms with Gasteiger partial charge in [0.05, 0.1) is 23.1 Å². The van der Waals surface area contributed by atoms with E-state index in [2.05, 4.69) is 0 Å². The average Bonchev–Trinajstić information content (AvgIpc) is 2.38. The monoisotopic (exact) mass is 330 g/mol. The van der Waals surface area contributed by atoms with Crippen molar-refractivity contribution in [2.45, 2.75) is 31.2 Å². The van der Waals surface area contributed by atoms with E-state index in [1.165, 1.54) is 18.2 Å². The lowest BCUT2D eigenvalue weighted by Gasteiger charge is -2.25. The summed E-state index contributed by atoms with van der Waals surface area (Å²) in [6.45, 7) is 3.12. The van der Waals surface area contributed by atoms with Crippen LogP contribution in [0, 0.1) is 11.3 Å². The van der Waals surface area contributed by atoms with Crippen LogP contribution in [0.5, 0.6) is 0 Å². The van der Waals surface area contributed by atoms with Crippen LogP contribution in [-0.2, 0) is 14.8 Å². The van der Waals surface area contributed by atoms with Crippen molar-refractivity contribution in [1.29, 1.82) is 5.26 Å². The number of benzene rings is 1. The number of carboxylic acids is 1. The molecule has 0 radical (unpaired) electrons. The predicted molar refractivity (Wildman–Crippen MR) is 77.4 cm³/mol. The van der Waals surface area contributed by atoms with Gasteiger partial charge < -0.3 is 5.11 Å². The van der Waals surface area contributed by atoms with Gasteiger partial charge in [0.15, 0.2) is 0 Å². The van der Waals surface area contributed by atoms with Gasteiger partial charge in [0, 0.05) is 12.6 Å². The third-order valence-electron chi connectivity index (χ3n) is 2.77. The van der Waals surface area contributed by atoms with Crippen LogP contribution < -0.4 is 0 Å². The van der Waals surface area contributed by atoms with E-state index < -0.39 is 22.0 Å². The number of carbonyl (C=O) groups is 1. The number of aliphatic carboxylic acids is 1. The molecule has 1 rings (SSSR count). The first kappa shape index (κ1) is 17.4. The van der Waals surface area contributed by atoms with Crippen molar-refractivity contribution in [1.82, 2.24) is 4.31 Å². The number of rotatable bonds is 6. The molecule has 0 aliphatic carbocycles. The molecule has 21 heavy (non-hydrogen) atoms. The lowest BCUT2D eigenvalue weighted by atomic mass is 10.2. The first-order valence-electron chi connectivity index (χ1n) is 6.13. The van der Waals surface area contributed by atoms with E-state index in [0.717, 1.165) is 4.31 Å². The van der Waals surface area contributed by atoms with E-state index in [1.54, 1.807) is 13.8 Å². The van der Waals surface area contributed by atoms with E-state index >= 15 is 0 Å². The summed E-state index contributed by atoms with van der Waals surface area (Å²) in [6, 6.07) is 5.35. The van der Waals surface area contributed by atoms with Crippen LogP contribution in [0.25, 0.3) is 0 Å². The quantitative estimate of drug-likeness (QED) is 0.861. The fourth-order valence-corrected chi connectivity index (χ4v) is 3.90. The van der Waals surface area contributed by atoms with Gasteiger partial charge in [-0.3, -0.25) is 4.79 Å². The molecule has 0 aromatic heterocycles. The van der Waals surface area contributed by atoms with Crippen molar-refractivity contribution in [3.63, 3.8) is 0 Å². The summed E-state index contributed by atoms with van der Waals surface area (Å²) in [5.41, 5.74) is 0.167. The highest BCUT2D eigenvalue weighted by Crippen LogP contribution is 2.27. The Bertz CT molecular complexity index is 680. The summed E-state index contributed by atoms with van der Waals surface area (Å²) < 4.78 is 26.3. The first-order chi connectivity index (χ1) is 9.70. The topological polar surface area (TPSA) is 98.5 Å². The van der Waals surface area contributed by atoms with Crippen LogP contribution >= 0.6 is 11.6 Å². The normalized spacial score (nSPS) is 11.6. The van der Waals surface area contributed by atoms with Gasteiger partial charge in [-0.05, 0) is 32.0 Å². The smallest absolute Gasteiger partial charge is 0.304 e. The van der Waals surface area contributed by atoms with Crippen molar-refractivity contribution in [2.24, 2.45) is 0 Å². The fraction of sp³-hybridized carbons (Fsp3) is 0.385. The van der Waals surface area contributed by atoms with Gasteiger partial charge in [-0.25, -0.2) is 8.42 Å². The Balaban J connectivity index is 3.29. The molecule has 0 saturated heterocycles. The van der Waals surface area contributed by atoms with Crippen LogP contribution in [0.2, 0.25) is 5.02 Å². The first-order valence-corrected chi connectivity index (χ1v) is 7.95. The number of nitriles is 1. The molecule has 1 aromatic rings. The SMILES string of the molecule is CC(C)N(CCC(=O)O)S(=O)(=O)c1cc(C#N)ccc1Cl. The highest BCUT2D eigenvalue weighted by molar-refractivity contribution is 7.89. The highest BCUT2D eigenvalue weighted by Gasteiger charge is 2.29. The minimum atomic E-state index is -3.97. The molecule has 0 atom stereocenters. The Kier molecular flexibility index (Phi) is 5.72. The third-order valence-corrected chi connectivity index (χ3v) is 5.33. The number of hydrogen-bond donors (Lipinski definition) is 1. The second kappa shape index (κ2) is 6.89. The van der Waals surface area contributed by atoms with E-state index in [9.17, 15) is 13.2 Å². The molecule has 0 fully saturated rings. The Morgan fingerprint density at radius 3 is 2.57 bits per heavy atom. The van der Waals surface area contributed by atoms with E-state index in [-0.39, 0.29) is 28.4 Å². The molecule has 6 nitrogen and oxygen atoms in total. The van der Waals surface area contributed by atoms with Crippen molar-refractivity contribution >= 4 is 27.6 Å². The number of nitrogens with zero attached hydrogens (tertiary/aromatic N) is 2. The molecule has 0 unspecified atom stereocenters. The van der Waals surface area contributed by atoms with Crippen LogP contribution in [0.1, 0.15) is 25.8 Å². The minimum Gasteiger partial charge on any atom is -0.481 e. The van der Waals surface area contributed by atoms with Gasteiger partial charge in [0.25, 0.3) is 0 Å². The maximum Gasteiger partial charge on any atom is 0.304 e. The van der Waals surface area contributed by atoms with Crippen molar-refractivity contribution in [3.8, 4) is 6.07 Å². The summed E-state index contributed by atoms with van der Waals surface area (Å²) in [6.07, 6.45) is -0.313. The number of carboxylic acid groups (broad SMARTS) is 1. The third kappa shape index (κ3) is 4.17. The predicted octanol–water partition coefficient (Wildman–Crippen LogP) is 2.09. The molecule has 0 aliphatic heterocycles. The largest absolute Gasteiger partial charge is 0.481 e. The van der Waals surface area contributed by atoms with Crippen LogP contribution in [0.4, 0.5) is 0 Å². The minimum absolute atomic E-state index is 0.00465. The number of sulfonamides is 1. The van der Waals surface area contributed by atoms with E-state index in [0.29, 0.717) is 0 Å². The van der Waals surface area contributed by atoms with Gasteiger partial charge in [0.1, 0.15) is 4.90 Å². The van der Waals surface area contributed by atoms with Crippen LogP contribution in [0.15, 0.2) is 23.1 Å². The van der Waals surface area contributed by atoms with E-state index in [1.807, 2.05) is 6.07 Å². The molecule has 0 aliphatic rings. The van der Waals surface area contributed by atoms with Crippen LogP contribution in [0.3, 0.4) is 0 Å². The zero-order valence-corrected chi connectivity index (χ0v) is 13.1. The van der Waals surface area contributed by atoms with E-state index in [4.69, 9.17) is 22.0 Å². The maximum atomic E-state index is 12.6. The Hall–Kier alpha value is -1.62. The second-order valence-corrected chi connectivity index (χ2v) is 6.88. The molecule has 0 bridgehead atoms.